The first-order valence-corrected chi connectivity index (χ1v) is 7.20. The van der Waals surface area contributed by atoms with Crippen LogP contribution in [0.4, 0.5) is 5.69 Å². The number of hydrogen-bond acceptors (Lipinski definition) is 5. The summed E-state index contributed by atoms with van der Waals surface area (Å²) in [6, 6.07) is 15.6. The minimum Gasteiger partial charge on any atom is -0.350 e. The number of nitro benzene ring substituents is 1. The monoisotopic (exact) mass is 313 g/mol. The molecule has 0 spiro atoms. The van der Waals surface area contributed by atoms with Crippen LogP contribution in [-0.4, -0.2) is 22.6 Å². The second-order valence-corrected chi connectivity index (χ2v) is 5.34. The van der Waals surface area contributed by atoms with E-state index in [1.54, 1.807) is 12.1 Å². The minimum atomic E-state index is -0.609. The molecule has 0 unspecified atom stereocenters. The largest absolute Gasteiger partial charge is 0.350 e. The molecule has 23 heavy (non-hydrogen) atoms. The van der Waals surface area contributed by atoms with Crippen molar-refractivity contribution in [1.29, 1.82) is 0 Å². The molecule has 2 aromatic carbocycles. The Bertz CT molecular complexity index is 690. The van der Waals surface area contributed by atoms with Crippen molar-refractivity contribution in [3.63, 3.8) is 0 Å². The van der Waals surface area contributed by atoms with E-state index in [1.807, 2.05) is 30.3 Å². The molecule has 118 valence electrons. The summed E-state index contributed by atoms with van der Waals surface area (Å²) in [6.07, 6.45) is 0.0396. The van der Waals surface area contributed by atoms with Gasteiger partial charge in [0, 0.05) is 17.7 Å². The maximum absolute atomic E-state index is 11.3. The lowest BCUT2D eigenvalue weighted by Crippen LogP contribution is -2.29. The van der Waals surface area contributed by atoms with Crippen molar-refractivity contribution in [2.24, 2.45) is 5.29 Å². The third-order valence-electron chi connectivity index (χ3n) is 3.86. The standard InChI is InChI=1S/C16H15N3O4/c20-17-18-15(10-12-4-2-1-3-5-12)11-23-16(18)13-6-8-14(9-7-13)19(21)22/h1-9,15-16H,10-11H2/t15-,16-/m0/s1. The molecule has 2 atom stereocenters. The fourth-order valence-electron chi connectivity index (χ4n) is 2.70. The molecule has 1 heterocycles. The van der Waals surface area contributed by atoms with Crippen LogP contribution in [0.3, 0.4) is 0 Å². The lowest BCUT2D eigenvalue weighted by atomic mass is 10.1. The fraction of sp³-hybridized carbons (Fsp3) is 0.250. The van der Waals surface area contributed by atoms with Gasteiger partial charge in [-0.2, -0.15) is 0 Å². The summed E-state index contributed by atoms with van der Waals surface area (Å²) in [5.41, 5.74) is 1.77. The lowest BCUT2D eigenvalue weighted by molar-refractivity contribution is -0.384. The Kier molecular flexibility index (Phi) is 4.29. The van der Waals surface area contributed by atoms with E-state index >= 15 is 0 Å². The number of rotatable bonds is 5. The Hall–Kier alpha value is -2.80. The third kappa shape index (κ3) is 3.19. The molecule has 0 radical (unpaired) electrons. The van der Waals surface area contributed by atoms with E-state index in [4.69, 9.17) is 4.74 Å². The van der Waals surface area contributed by atoms with Gasteiger partial charge in [0.15, 0.2) is 6.23 Å². The van der Waals surface area contributed by atoms with Crippen LogP contribution in [0, 0.1) is 15.0 Å². The molecule has 0 saturated carbocycles. The SMILES string of the molecule is O=NN1[C@@H](Cc2ccccc2)CO[C@H]1c1ccc([N+](=O)[O-])cc1. The molecule has 1 fully saturated rings. The second kappa shape index (κ2) is 6.53. The van der Waals surface area contributed by atoms with Gasteiger partial charge < -0.3 is 4.74 Å². The van der Waals surface area contributed by atoms with Gasteiger partial charge in [0.05, 0.1) is 22.9 Å². The molecule has 1 saturated heterocycles. The summed E-state index contributed by atoms with van der Waals surface area (Å²) in [5.74, 6) is 0. The normalized spacial score (nSPS) is 20.4. The summed E-state index contributed by atoms with van der Waals surface area (Å²) in [6.45, 7) is 0.377. The molecular weight excluding hydrogens is 298 g/mol. The minimum absolute atomic E-state index is 0.00167. The number of ether oxygens (including phenoxy) is 1. The Morgan fingerprint density at radius 2 is 1.87 bits per heavy atom. The highest BCUT2D eigenvalue weighted by Gasteiger charge is 2.36. The molecule has 1 aliphatic rings. The lowest BCUT2D eigenvalue weighted by Gasteiger charge is -2.21. The smallest absolute Gasteiger partial charge is 0.269 e. The van der Waals surface area contributed by atoms with Crippen LogP contribution in [0.1, 0.15) is 17.4 Å². The molecule has 2 aromatic rings. The van der Waals surface area contributed by atoms with E-state index in [-0.39, 0.29) is 11.7 Å². The average molecular weight is 313 g/mol. The predicted octanol–water partition coefficient (Wildman–Crippen LogP) is 3.22. The van der Waals surface area contributed by atoms with Crippen molar-refractivity contribution < 1.29 is 9.66 Å². The number of non-ortho nitro benzene ring substituents is 1. The van der Waals surface area contributed by atoms with Gasteiger partial charge in [-0.3, -0.25) is 10.1 Å². The van der Waals surface area contributed by atoms with E-state index in [0.717, 1.165) is 5.56 Å². The molecular formula is C16H15N3O4. The highest BCUT2D eigenvalue weighted by molar-refractivity contribution is 5.34. The van der Waals surface area contributed by atoms with Crippen molar-refractivity contribution in [3.8, 4) is 0 Å². The summed E-state index contributed by atoms with van der Waals surface area (Å²) < 4.78 is 5.69. The molecule has 7 heteroatoms. The third-order valence-corrected chi connectivity index (χ3v) is 3.86. The van der Waals surface area contributed by atoms with Crippen LogP contribution in [0.15, 0.2) is 59.9 Å². The van der Waals surface area contributed by atoms with E-state index < -0.39 is 11.2 Å². The highest BCUT2D eigenvalue weighted by Crippen LogP contribution is 2.33. The van der Waals surface area contributed by atoms with Gasteiger partial charge in [0.1, 0.15) is 0 Å². The first kappa shape index (κ1) is 15.1. The van der Waals surface area contributed by atoms with Crippen LogP contribution in [0.2, 0.25) is 0 Å². The topological polar surface area (TPSA) is 85.0 Å². The maximum Gasteiger partial charge on any atom is 0.269 e. The fourth-order valence-corrected chi connectivity index (χ4v) is 2.70. The predicted molar refractivity (Wildman–Crippen MR) is 83.4 cm³/mol. The molecule has 0 aliphatic carbocycles. The molecule has 7 nitrogen and oxygen atoms in total. The van der Waals surface area contributed by atoms with Gasteiger partial charge in [-0.25, -0.2) is 5.01 Å². The maximum atomic E-state index is 11.3. The first-order valence-electron chi connectivity index (χ1n) is 7.20. The van der Waals surface area contributed by atoms with E-state index in [9.17, 15) is 15.0 Å². The first-order chi connectivity index (χ1) is 11.2. The molecule has 1 aliphatic heterocycles. The Morgan fingerprint density at radius 1 is 1.17 bits per heavy atom. The molecule has 0 aromatic heterocycles. The van der Waals surface area contributed by atoms with Crippen LogP contribution in [0.5, 0.6) is 0 Å². The summed E-state index contributed by atoms with van der Waals surface area (Å²) >= 11 is 0. The van der Waals surface area contributed by atoms with Crippen LogP contribution in [0.25, 0.3) is 0 Å². The van der Waals surface area contributed by atoms with E-state index in [2.05, 4.69) is 5.29 Å². The van der Waals surface area contributed by atoms with Crippen molar-refractivity contribution in [2.45, 2.75) is 18.7 Å². The van der Waals surface area contributed by atoms with Crippen molar-refractivity contribution in [3.05, 3.63) is 80.7 Å². The Balaban J connectivity index is 1.76. The zero-order chi connectivity index (χ0) is 16.2. The van der Waals surface area contributed by atoms with Gasteiger partial charge in [-0.05, 0) is 24.1 Å². The Morgan fingerprint density at radius 3 is 2.48 bits per heavy atom. The average Bonchev–Trinajstić information content (AvgIpc) is 2.98. The van der Waals surface area contributed by atoms with Gasteiger partial charge in [0.25, 0.3) is 5.69 Å². The van der Waals surface area contributed by atoms with Gasteiger partial charge in [-0.1, -0.05) is 30.3 Å². The molecule has 0 N–H and O–H groups in total. The Labute approximate surface area is 132 Å². The van der Waals surface area contributed by atoms with Gasteiger partial charge in [-0.15, -0.1) is 4.91 Å². The molecule has 0 bridgehead atoms. The van der Waals surface area contributed by atoms with Crippen LogP contribution >= 0.6 is 0 Å². The number of nitro groups is 1. The quantitative estimate of drug-likeness (QED) is 0.480. The van der Waals surface area contributed by atoms with Crippen LogP contribution in [-0.2, 0) is 11.2 Å². The number of nitrogens with zero attached hydrogens (tertiary/aromatic N) is 3. The van der Waals surface area contributed by atoms with Crippen molar-refractivity contribution >= 4 is 5.69 Å². The zero-order valence-corrected chi connectivity index (χ0v) is 12.2. The van der Waals surface area contributed by atoms with Gasteiger partial charge >= 0.3 is 0 Å². The zero-order valence-electron chi connectivity index (χ0n) is 12.2. The summed E-state index contributed by atoms with van der Waals surface area (Å²) in [4.78, 5) is 21.5. The molecule has 0 amide bonds. The van der Waals surface area contributed by atoms with Crippen molar-refractivity contribution in [1.82, 2.24) is 5.01 Å². The second-order valence-electron chi connectivity index (χ2n) is 5.34. The highest BCUT2D eigenvalue weighted by atomic mass is 16.6. The van der Waals surface area contributed by atoms with Gasteiger partial charge in [0.2, 0.25) is 0 Å². The molecule has 3 rings (SSSR count). The number of benzene rings is 2. The summed E-state index contributed by atoms with van der Waals surface area (Å²) in [5, 5.41) is 15.2. The van der Waals surface area contributed by atoms with E-state index in [0.29, 0.717) is 18.6 Å². The number of nitroso groups, excluding NO2 is 1. The number of hydrogen-bond donors (Lipinski definition) is 0. The van der Waals surface area contributed by atoms with Crippen LogP contribution < -0.4 is 0 Å². The summed E-state index contributed by atoms with van der Waals surface area (Å²) in [7, 11) is 0. The van der Waals surface area contributed by atoms with Crippen molar-refractivity contribution in [2.75, 3.05) is 6.61 Å². The van der Waals surface area contributed by atoms with E-state index in [1.165, 1.54) is 17.1 Å².